The zero-order valence-corrected chi connectivity index (χ0v) is 12.0. The van der Waals surface area contributed by atoms with E-state index in [0.717, 1.165) is 6.42 Å². The fraction of sp³-hybridized carbons (Fsp3) is 0.417. The van der Waals surface area contributed by atoms with Crippen molar-refractivity contribution in [2.75, 3.05) is 6.54 Å². The lowest BCUT2D eigenvalue weighted by Gasteiger charge is -2.12. The molecule has 0 aromatic carbocycles. The molecule has 0 aliphatic rings. The zero-order valence-electron chi connectivity index (χ0n) is 10.4. The Hall–Kier alpha value is -1.63. The van der Waals surface area contributed by atoms with E-state index in [9.17, 15) is 14.4 Å². The van der Waals surface area contributed by atoms with Crippen LogP contribution < -0.4 is 10.9 Å². The van der Waals surface area contributed by atoms with Crippen LogP contribution in [0.4, 0.5) is 0 Å². The van der Waals surface area contributed by atoms with Crippen LogP contribution in [0.2, 0.25) is 0 Å². The van der Waals surface area contributed by atoms with Crippen LogP contribution in [0.5, 0.6) is 0 Å². The highest BCUT2D eigenvalue weighted by Gasteiger charge is 2.17. The van der Waals surface area contributed by atoms with Crippen LogP contribution in [0.1, 0.15) is 30.1 Å². The number of halogens is 1. The first kappa shape index (κ1) is 15.4. The summed E-state index contributed by atoms with van der Waals surface area (Å²) < 4.78 is 0.253. The van der Waals surface area contributed by atoms with E-state index < -0.39 is 17.8 Å². The summed E-state index contributed by atoms with van der Waals surface area (Å²) in [6.07, 6.45) is 2.53. The van der Waals surface area contributed by atoms with Crippen molar-refractivity contribution in [3.05, 3.63) is 32.7 Å². The first-order chi connectivity index (χ1) is 8.95. The largest absolute Gasteiger partial charge is 0.481 e. The van der Waals surface area contributed by atoms with Gasteiger partial charge in [-0.3, -0.25) is 14.4 Å². The number of carboxylic acids is 1. The maximum absolute atomic E-state index is 11.8. The minimum Gasteiger partial charge on any atom is -0.481 e. The van der Waals surface area contributed by atoms with Crippen molar-refractivity contribution in [2.45, 2.75) is 19.8 Å². The lowest BCUT2D eigenvalue weighted by Crippen LogP contribution is -2.33. The Morgan fingerprint density at radius 1 is 1.53 bits per heavy atom. The third kappa shape index (κ3) is 4.51. The lowest BCUT2D eigenvalue weighted by atomic mass is 10.0. The van der Waals surface area contributed by atoms with Gasteiger partial charge in [0.25, 0.3) is 11.5 Å². The molecule has 6 nitrogen and oxygen atoms in total. The van der Waals surface area contributed by atoms with Gasteiger partial charge in [0, 0.05) is 12.7 Å². The SMILES string of the molecule is CCCC(CNC(=O)c1c[nH]c(=O)c(Br)c1)C(=O)O. The van der Waals surface area contributed by atoms with Crippen molar-refractivity contribution in [3.8, 4) is 0 Å². The number of carbonyl (C=O) groups excluding carboxylic acids is 1. The second kappa shape index (κ2) is 7.08. The Morgan fingerprint density at radius 2 is 2.21 bits per heavy atom. The summed E-state index contributed by atoms with van der Waals surface area (Å²) in [5.41, 5.74) is -0.0574. The molecule has 3 N–H and O–H groups in total. The second-order valence-corrected chi connectivity index (χ2v) is 4.95. The van der Waals surface area contributed by atoms with Crippen molar-refractivity contribution < 1.29 is 14.7 Å². The Morgan fingerprint density at radius 3 is 2.74 bits per heavy atom. The van der Waals surface area contributed by atoms with Crippen molar-refractivity contribution in [3.63, 3.8) is 0 Å². The molecule has 1 aromatic rings. The summed E-state index contributed by atoms with van der Waals surface area (Å²) in [6.45, 7) is 1.95. The van der Waals surface area contributed by atoms with Gasteiger partial charge in [0.15, 0.2) is 0 Å². The minimum absolute atomic E-state index is 0.0682. The fourth-order valence-electron chi connectivity index (χ4n) is 1.57. The van der Waals surface area contributed by atoms with Crippen LogP contribution in [0, 0.1) is 5.92 Å². The maximum atomic E-state index is 11.8. The Kier molecular flexibility index (Phi) is 5.75. The lowest BCUT2D eigenvalue weighted by molar-refractivity contribution is -0.141. The number of aromatic nitrogens is 1. The van der Waals surface area contributed by atoms with Gasteiger partial charge < -0.3 is 15.4 Å². The molecule has 0 bridgehead atoms. The number of carboxylic acid groups (broad SMARTS) is 1. The summed E-state index contributed by atoms with van der Waals surface area (Å²) in [6, 6.07) is 1.39. The number of carbonyl (C=O) groups is 2. The van der Waals surface area contributed by atoms with Gasteiger partial charge in [0.1, 0.15) is 0 Å². The zero-order chi connectivity index (χ0) is 14.4. The van der Waals surface area contributed by atoms with E-state index >= 15 is 0 Å². The second-order valence-electron chi connectivity index (χ2n) is 4.10. The summed E-state index contributed by atoms with van der Waals surface area (Å²) >= 11 is 3.02. The molecule has 1 aromatic heterocycles. The van der Waals surface area contributed by atoms with Gasteiger partial charge >= 0.3 is 5.97 Å². The monoisotopic (exact) mass is 330 g/mol. The Labute approximate surface area is 118 Å². The van der Waals surface area contributed by atoms with Crippen LogP contribution in [0.15, 0.2) is 21.5 Å². The molecule has 0 saturated carbocycles. The van der Waals surface area contributed by atoms with Gasteiger partial charge in [-0.1, -0.05) is 13.3 Å². The first-order valence-corrected chi connectivity index (χ1v) is 6.64. The van der Waals surface area contributed by atoms with E-state index in [1.54, 1.807) is 0 Å². The number of amides is 1. The molecule has 1 atom stereocenters. The van der Waals surface area contributed by atoms with E-state index in [1.807, 2.05) is 6.92 Å². The molecule has 0 saturated heterocycles. The molecule has 0 aliphatic heterocycles. The average molecular weight is 331 g/mol. The van der Waals surface area contributed by atoms with E-state index in [4.69, 9.17) is 5.11 Å². The Balaban J connectivity index is 2.66. The van der Waals surface area contributed by atoms with Crippen LogP contribution in [-0.4, -0.2) is 28.5 Å². The highest BCUT2D eigenvalue weighted by atomic mass is 79.9. The molecule has 0 aliphatic carbocycles. The van der Waals surface area contributed by atoms with Gasteiger partial charge in [-0.2, -0.15) is 0 Å². The number of H-pyrrole nitrogens is 1. The van der Waals surface area contributed by atoms with Crippen LogP contribution in [0.25, 0.3) is 0 Å². The highest BCUT2D eigenvalue weighted by Crippen LogP contribution is 2.07. The Bertz CT molecular complexity index is 527. The van der Waals surface area contributed by atoms with Gasteiger partial charge in [0.05, 0.1) is 16.0 Å². The molecule has 0 spiro atoms. The average Bonchev–Trinajstić information content (AvgIpc) is 2.37. The summed E-state index contributed by atoms with van der Waals surface area (Å²) in [7, 11) is 0. The van der Waals surface area contributed by atoms with E-state index in [2.05, 4.69) is 26.2 Å². The van der Waals surface area contributed by atoms with E-state index in [0.29, 0.717) is 6.42 Å². The predicted octanol–water partition coefficient (Wildman–Crippen LogP) is 1.37. The van der Waals surface area contributed by atoms with E-state index in [-0.39, 0.29) is 22.1 Å². The van der Waals surface area contributed by atoms with Gasteiger partial charge in [-0.15, -0.1) is 0 Å². The molecule has 1 amide bonds. The quantitative estimate of drug-likeness (QED) is 0.733. The van der Waals surface area contributed by atoms with Gasteiger partial charge in [-0.25, -0.2) is 0 Å². The molecule has 0 fully saturated rings. The molecule has 0 radical (unpaired) electrons. The molecule has 19 heavy (non-hydrogen) atoms. The number of aliphatic carboxylic acids is 1. The van der Waals surface area contributed by atoms with Crippen LogP contribution in [0.3, 0.4) is 0 Å². The van der Waals surface area contributed by atoms with Gasteiger partial charge in [-0.05, 0) is 28.4 Å². The number of aromatic amines is 1. The molecular formula is C12H15BrN2O4. The maximum Gasteiger partial charge on any atom is 0.308 e. The predicted molar refractivity (Wildman–Crippen MR) is 73.1 cm³/mol. The summed E-state index contributed by atoms with van der Waals surface area (Å²) in [5.74, 6) is -1.94. The van der Waals surface area contributed by atoms with Crippen molar-refractivity contribution in [1.29, 1.82) is 0 Å². The van der Waals surface area contributed by atoms with Crippen LogP contribution in [-0.2, 0) is 4.79 Å². The van der Waals surface area contributed by atoms with Crippen molar-refractivity contribution in [1.82, 2.24) is 10.3 Å². The highest BCUT2D eigenvalue weighted by molar-refractivity contribution is 9.10. The molecular weight excluding hydrogens is 316 g/mol. The topological polar surface area (TPSA) is 99.3 Å². The summed E-state index contributed by atoms with van der Waals surface area (Å²) in [5, 5.41) is 11.5. The number of rotatable bonds is 6. The summed E-state index contributed by atoms with van der Waals surface area (Å²) in [4.78, 5) is 36.3. The number of pyridine rings is 1. The smallest absolute Gasteiger partial charge is 0.308 e. The number of nitrogens with one attached hydrogen (secondary N) is 2. The molecule has 1 heterocycles. The number of hydrogen-bond acceptors (Lipinski definition) is 3. The standard InChI is InChI=1S/C12H15BrN2O4/c1-2-3-7(12(18)19)5-14-10(16)8-4-9(13)11(17)15-6-8/h4,6-7H,2-3,5H2,1H3,(H,14,16)(H,15,17)(H,18,19). The van der Waals surface area contributed by atoms with Gasteiger partial charge in [0.2, 0.25) is 0 Å². The minimum atomic E-state index is -0.926. The third-order valence-electron chi connectivity index (χ3n) is 2.62. The van der Waals surface area contributed by atoms with Crippen molar-refractivity contribution in [2.24, 2.45) is 5.92 Å². The van der Waals surface area contributed by atoms with Crippen LogP contribution >= 0.6 is 15.9 Å². The van der Waals surface area contributed by atoms with E-state index in [1.165, 1.54) is 12.3 Å². The normalized spacial score (nSPS) is 11.9. The van der Waals surface area contributed by atoms with Crippen molar-refractivity contribution >= 4 is 27.8 Å². The third-order valence-corrected chi connectivity index (χ3v) is 3.20. The molecule has 104 valence electrons. The molecule has 7 heteroatoms. The molecule has 1 rings (SSSR count). The molecule has 1 unspecified atom stereocenters. The first-order valence-electron chi connectivity index (χ1n) is 5.85. The number of hydrogen-bond donors (Lipinski definition) is 3. The fourth-order valence-corrected chi connectivity index (χ4v) is 1.93.